The molecule has 0 saturated carbocycles. The molecule has 1 saturated heterocycles. The van der Waals surface area contributed by atoms with E-state index in [9.17, 15) is 12.8 Å². The van der Waals surface area contributed by atoms with E-state index in [2.05, 4.69) is 0 Å². The summed E-state index contributed by atoms with van der Waals surface area (Å²) in [7, 11) is 1.75. The van der Waals surface area contributed by atoms with E-state index in [0.29, 0.717) is 18.6 Å². The molecule has 0 N–H and O–H groups in total. The minimum Gasteiger partial charge on any atom is -0.381 e. The summed E-state index contributed by atoms with van der Waals surface area (Å²) in [6.07, 6.45) is 0.519. The van der Waals surface area contributed by atoms with Gasteiger partial charge >= 0.3 is 0 Å². The third-order valence-electron chi connectivity index (χ3n) is 3.29. The first-order valence-electron chi connectivity index (χ1n) is 5.83. The van der Waals surface area contributed by atoms with Crippen LogP contribution in [-0.4, -0.2) is 26.9 Å². The van der Waals surface area contributed by atoms with E-state index in [1.807, 2.05) is 0 Å². The van der Waals surface area contributed by atoms with Gasteiger partial charge in [-0.2, -0.15) is 0 Å². The molecule has 0 spiro atoms. The highest BCUT2D eigenvalue weighted by Gasteiger charge is 2.35. The first-order valence-corrected chi connectivity index (χ1v) is 8.58. The molecule has 1 aliphatic rings. The van der Waals surface area contributed by atoms with Crippen molar-refractivity contribution < 1.29 is 17.5 Å². The van der Waals surface area contributed by atoms with Gasteiger partial charge < -0.3 is 4.74 Å². The molecule has 0 amide bonds. The van der Waals surface area contributed by atoms with Crippen LogP contribution < -0.4 is 0 Å². The van der Waals surface area contributed by atoms with Crippen molar-refractivity contribution in [3.8, 4) is 0 Å². The van der Waals surface area contributed by atoms with Gasteiger partial charge in [0.25, 0.3) is 0 Å². The second kappa shape index (κ2) is 5.95. The Hall–Kier alpha value is -0.360. The van der Waals surface area contributed by atoms with Crippen LogP contribution >= 0.6 is 22.3 Å². The Labute approximate surface area is 121 Å². The van der Waals surface area contributed by atoms with Gasteiger partial charge in [-0.1, -0.05) is 17.7 Å². The number of ether oxygens (including phenoxy) is 1. The molecule has 1 fully saturated rings. The molecule has 1 heterocycles. The lowest BCUT2D eigenvalue weighted by atomic mass is 9.93. The van der Waals surface area contributed by atoms with Crippen LogP contribution in [0.3, 0.4) is 0 Å². The summed E-state index contributed by atoms with van der Waals surface area (Å²) in [5.74, 6) is -0.825. The number of benzene rings is 1. The Kier molecular flexibility index (Phi) is 4.71. The highest BCUT2D eigenvalue weighted by Crippen LogP contribution is 2.30. The van der Waals surface area contributed by atoms with E-state index in [4.69, 9.17) is 27.0 Å². The maximum absolute atomic E-state index is 13.7. The van der Waals surface area contributed by atoms with E-state index in [1.165, 1.54) is 12.1 Å². The zero-order valence-electron chi connectivity index (χ0n) is 9.98. The summed E-state index contributed by atoms with van der Waals surface area (Å²) in [5, 5.41) is -0.435. The lowest BCUT2D eigenvalue weighted by Gasteiger charge is -2.29. The Morgan fingerprint density at radius 1 is 1.42 bits per heavy atom. The quantitative estimate of drug-likeness (QED) is 0.802. The first kappa shape index (κ1) is 15.0. The Morgan fingerprint density at radius 2 is 2.16 bits per heavy atom. The van der Waals surface area contributed by atoms with Crippen molar-refractivity contribution in [1.82, 2.24) is 0 Å². The van der Waals surface area contributed by atoms with Crippen molar-refractivity contribution in [2.75, 3.05) is 13.2 Å². The van der Waals surface area contributed by atoms with Gasteiger partial charge in [-0.25, -0.2) is 12.8 Å². The van der Waals surface area contributed by atoms with E-state index in [-0.39, 0.29) is 24.0 Å². The molecular formula is C12H13Cl2FO3S. The molecule has 19 heavy (non-hydrogen) atoms. The molecule has 0 radical (unpaired) electrons. The smallest absolute Gasteiger partial charge is 0.235 e. The average Bonchev–Trinajstić information content (AvgIpc) is 2.33. The number of hydrogen-bond donors (Lipinski definition) is 0. The predicted octanol–water partition coefficient (Wildman–Crippen LogP) is 3.00. The van der Waals surface area contributed by atoms with Gasteiger partial charge in [-0.3, -0.25) is 0 Å². The monoisotopic (exact) mass is 326 g/mol. The van der Waals surface area contributed by atoms with Crippen LogP contribution in [-0.2, 0) is 20.2 Å². The standard InChI is InChI=1S/C12H13Cl2FO3S/c13-10-2-1-3-11(15)9(10)6-8-7-18-5-4-12(8)19(14,16)17/h1-3,8,12H,4-7H2/t8-,12+/m1/s1. The molecule has 0 aromatic heterocycles. The molecule has 1 aliphatic heterocycles. The topological polar surface area (TPSA) is 43.4 Å². The van der Waals surface area contributed by atoms with Gasteiger partial charge in [0, 0.05) is 33.8 Å². The first-order chi connectivity index (χ1) is 8.89. The van der Waals surface area contributed by atoms with Crippen LogP contribution in [0.25, 0.3) is 0 Å². The average molecular weight is 327 g/mol. The molecule has 106 valence electrons. The van der Waals surface area contributed by atoms with Crippen molar-refractivity contribution in [2.45, 2.75) is 18.1 Å². The SMILES string of the molecule is O=S(=O)(Cl)[C@H]1CCOC[C@H]1Cc1c(F)cccc1Cl. The molecule has 2 rings (SSSR count). The zero-order chi connectivity index (χ0) is 14.0. The molecule has 2 atom stereocenters. The second-order valence-corrected chi connectivity index (χ2v) is 7.80. The summed E-state index contributed by atoms with van der Waals surface area (Å²) in [6, 6.07) is 4.39. The molecule has 0 unspecified atom stereocenters. The Bertz CT molecular complexity index is 542. The molecule has 3 nitrogen and oxygen atoms in total. The fraction of sp³-hybridized carbons (Fsp3) is 0.500. The molecule has 0 aliphatic carbocycles. The summed E-state index contributed by atoms with van der Waals surface area (Å²) in [4.78, 5) is 0. The number of rotatable bonds is 3. The summed E-state index contributed by atoms with van der Waals surface area (Å²) in [5.41, 5.74) is 0.310. The maximum Gasteiger partial charge on any atom is 0.235 e. The molecule has 0 bridgehead atoms. The highest BCUT2D eigenvalue weighted by molar-refractivity contribution is 8.14. The van der Waals surface area contributed by atoms with Crippen LogP contribution in [0.15, 0.2) is 18.2 Å². The number of hydrogen-bond acceptors (Lipinski definition) is 3. The summed E-state index contributed by atoms with van der Waals surface area (Å²) < 4.78 is 42.1. The van der Waals surface area contributed by atoms with Crippen molar-refractivity contribution in [1.29, 1.82) is 0 Å². The van der Waals surface area contributed by atoms with Crippen LogP contribution in [0, 0.1) is 11.7 Å². The maximum atomic E-state index is 13.7. The Morgan fingerprint density at radius 3 is 2.79 bits per heavy atom. The molecule has 1 aromatic carbocycles. The van der Waals surface area contributed by atoms with Gasteiger partial charge in [0.15, 0.2) is 0 Å². The van der Waals surface area contributed by atoms with Crippen LogP contribution in [0.4, 0.5) is 4.39 Å². The third-order valence-corrected chi connectivity index (χ3v) is 5.68. The lowest BCUT2D eigenvalue weighted by Crippen LogP contribution is -2.37. The fourth-order valence-corrected chi connectivity index (χ4v) is 4.28. The number of halogens is 3. The molecule has 1 aromatic rings. The van der Waals surface area contributed by atoms with Gasteiger partial charge in [0.2, 0.25) is 9.05 Å². The van der Waals surface area contributed by atoms with Gasteiger partial charge in [-0.15, -0.1) is 0 Å². The van der Waals surface area contributed by atoms with Crippen LogP contribution in [0.2, 0.25) is 5.02 Å². The highest BCUT2D eigenvalue weighted by atomic mass is 35.7. The van der Waals surface area contributed by atoms with Crippen molar-refractivity contribution in [3.63, 3.8) is 0 Å². The van der Waals surface area contributed by atoms with E-state index in [1.54, 1.807) is 6.07 Å². The van der Waals surface area contributed by atoms with Gasteiger partial charge in [-0.05, 0) is 25.0 Å². The van der Waals surface area contributed by atoms with Crippen molar-refractivity contribution in [2.24, 2.45) is 5.92 Å². The minimum atomic E-state index is -3.69. The Balaban J connectivity index is 2.25. The second-order valence-electron chi connectivity index (χ2n) is 4.54. The van der Waals surface area contributed by atoms with Crippen LogP contribution in [0.1, 0.15) is 12.0 Å². The summed E-state index contributed by atoms with van der Waals surface area (Å²) >= 11 is 5.95. The predicted molar refractivity (Wildman–Crippen MR) is 72.6 cm³/mol. The summed E-state index contributed by atoms with van der Waals surface area (Å²) in [6.45, 7) is 0.583. The fourth-order valence-electron chi connectivity index (χ4n) is 2.33. The van der Waals surface area contributed by atoms with Gasteiger partial charge in [0.05, 0.1) is 11.9 Å². The van der Waals surface area contributed by atoms with Crippen molar-refractivity contribution >= 4 is 31.3 Å². The van der Waals surface area contributed by atoms with Gasteiger partial charge in [0.1, 0.15) is 5.82 Å². The largest absolute Gasteiger partial charge is 0.381 e. The van der Waals surface area contributed by atoms with E-state index in [0.717, 1.165) is 0 Å². The van der Waals surface area contributed by atoms with E-state index < -0.39 is 20.1 Å². The van der Waals surface area contributed by atoms with Crippen molar-refractivity contribution in [3.05, 3.63) is 34.6 Å². The van der Waals surface area contributed by atoms with E-state index >= 15 is 0 Å². The third kappa shape index (κ3) is 3.60. The molecular weight excluding hydrogens is 314 g/mol. The zero-order valence-corrected chi connectivity index (χ0v) is 12.3. The minimum absolute atomic E-state index is 0.197. The normalized spacial score (nSPS) is 24.4. The lowest BCUT2D eigenvalue weighted by molar-refractivity contribution is 0.0574. The molecule has 7 heteroatoms. The van der Waals surface area contributed by atoms with Crippen LogP contribution in [0.5, 0.6) is 0 Å².